The normalized spacial score (nSPS) is 27.3. The third kappa shape index (κ3) is 6.10. The predicted molar refractivity (Wildman–Crippen MR) is 112 cm³/mol. The summed E-state index contributed by atoms with van der Waals surface area (Å²) in [4.78, 5) is 15.3. The van der Waals surface area contributed by atoms with Crippen LogP contribution in [0.2, 0.25) is 0 Å². The monoisotopic (exact) mass is 456 g/mol. The Hall–Kier alpha value is -2.86. The molecule has 2 aliphatic rings. The molecule has 1 atom stereocenters. The summed E-state index contributed by atoms with van der Waals surface area (Å²) in [6.07, 6.45) is 0.312. The Kier molecular flexibility index (Phi) is 7.24. The van der Waals surface area contributed by atoms with Gasteiger partial charge < -0.3 is 21.1 Å². The van der Waals surface area contributed by atoms with Crippen molar-refractivity contribution in [1.29, 1.82) is 0 Å². The van der Waals surface area contributed by atoms with Crippen LogP contribution in [0.25, 0.3) is 0 Å². The van der Waals surface area contributed by atoms with Gasteiger partial charge in [0.05, 0.1) is 17.7 Å². The summed E-state index contributed by atoms with van der Waals surface area (Å²) in [5.41, 5.74) is 10.7. The molecule has 0 amide bonds. The molecule has 0 aromatic heterocycles. The number of nitrogens with two attached hydrogens (primary N) is 2. The van der Waals surface area contributed by atoms with Crippen LogP contribution in [0.3, 0.4) is 0 Å². The molecule has 1 aromatic rings. The van der Waals surface area contributed by atoms with Crippen LogP contribution >= 0.6 is 0 Å². The minimum Gasteiger partial charge on any atom is -0.405 e. The zero-order valence-electron chi connectivity index (χ0n) is 17.4. The van der Waals surface area contributed by atoms with Crippen molar-refractivity contribution >= 4 is 5.96 Å². The van der Waals surface area contributed by atoms with E-state index in [2.05, 4.69) is 20.4 Å². The summed E-state index contributed by atoms with van der Waals surface area (Å²) in [5.74, 6) is 0.411. The number of aliphatic imine (C=N–C) groups is 1. The van der Waals surface area contributed by atoms with Crippen LogP contribution in [0.5, 0.6) is 5.75 Å². The Morgan fingerprint density at radius 2 is 1.88 bits per heavy atom. The molecule has 6 N–H and O–H groups in total. The van der Waals surface area contributed by atoms with E-state index in [1.807, 2.05) is 0 Å². The number of hydrogen-bond donors (Lipinski definition) is 4. The number of nitrogens with zero attached hydrogens (tertiary/aromatic N) is 2. The van der Waals surface area contributed by atoms with Gasteiger partial charge in [0.15, 0.2) is 11.6 Å². The van der Waals surface area contributed by atoms with Crippen LogP contribution in [-0.4, -0.2) is 29.5 Å². The van der Waals surface area contributed by atoms with Gasteiger partial charge in [0.25, 0.3) is 0 Å². The van der Waals surface area contributed by atoms with Gasteiger partial charge >= 0.3 is 12.1 Å². The maximum absolute atomic E-state index is 12.6. The lowest BCUT2D eigenvalue weighted by Crippen LogP contribution is -2.64. The number of nitro groups is 1. The second-order valence-electron chi connectivity index (χ2n) is 8.17. The highest BCUT2D eigenvalue weighted by molar-refractivity contribution is 5.83. The fourth-order valence-electron chi connectivity index (χ4n) is 4.18. The van der Waals surface area contributed by atoms with Crippen LogP contribution in [0.4, 0.5) is 13.2 Å². The van der Waals surface area contributed by atoms with Gasteiger partial charge in [-0.25, -0.2) is 4.99 Å². The van der Waals surface area contributed by atoms with E-state index in [1.165, 1.54) is 24.4 Å². The Morgan fingerprint density at radius 3 is 2.50 bits per heavy atom. The first kappa shape index (κ1) is 23.8. The molecule has 1 saturated carbocycles. The maximum atomic E-state index is 12.6. The third-order valence-electron chi connectivity index (χ3n) is 5.86. The first-order valence-corrected chi connectivity index (χ1v) is 10.4. The second kappa shape index (κ2) is 9.74. The minimum absolute atomic E-state index is 0.135. The molecule has 1 fully saturated rings. The summed E-state index contributed by atoms with van der Waals surface area (Å²) in [5, 5.41) is 17.1. The summed E-state index contributed by atoms with van der Waals surface area (Å²) < 4.78 is 41.9. The fraction of sp³-hybridized carbons (Fsp3) is 0.550. The van der Waals surface area contributed by atoms with E-state index in [0.29, 0.717) is 18.9 Å². The maximum Gasteiger partial charge on any atom is 0.573 e. The Balaban J connectivity index is 1.75. The van der Waals surface area contributed by atoms with E-state index < -0.39 is 16.9 Å². The van der Waals surface area contributed by atoms with Crippen LogP contribution < -0.4 is 26.8 Å². The van der Waals surface area contributed by atoms with Gasteiger partial charge in [0.2, 0.25) is 0 Å². The fourth-order valence-corrected chi connectivity index (χ4v) is 4.18. The lowest BCUT2D eigenvalue weighted by molar-refractivity contribution is -0.437. The molecule has 1 aliphatic heterocycles. The van der Waals surface area contributed by atoms with Crippen molar-refractivity contribution in [3.63, 3.8) is 0 Å². The van der Waals surface area contributed by atoms with Crippen LogP contribution in [0.15, 0.2) is 41.2 Å². The van der Waals surface area contributed by atoms with Gasteiger partial charge in [-0.1, -0.05) is 18.2 Å². The molecule has 176 valence electrons. The number of nitrogens with one attached hydrogen (secondary N) is 2. The summed E-state index contributed by atoms with van der Waals surface area (Å²) in [7, 11) is 0. The molecule has 1 aromatic carbocycles. The van der Waals surface area contributed by atoms with E-state index in [9.17, 15) is 23.3 Å². The highest BCUT2D eigenvalue weighted by Crippen LogP contribution is 2.35. The highest BCUT2D eigenvalue weighted by atomic mass is 19.4. The third-order valence-corrected chi connectivity index (χ3v) is 5.86. The Labute approximate surface area is 183 Å². The van der Waals surface area contributed by atoms with Gasteiger partial charge in [-0.15, -0.1) is 13.2 Å². The van der Waals surface area contributed by atoms with Crippen molar-refractivity contribution in [2.45, 2.75) is 50.7 Å². The number of halogens is 3. The molecule has 1 aliphatic carbocycles. The average Bonchev–Trinajstić information content (AvgIpc) is 2.72. The molecular formula is C20H27F3N6O3. The van der Waals surface area contributed by atoms with E-state index in [1.54, 1.807) is 6.07 Å². The van der Waals surface area contributed by atoms with E-state index >= 15 is 0 Å². The molecule has 1 heterocycles. The number of hydrogen-bond acceptors (Lipinski definition) is 6. The molecule has 1 unspecified atom stereocenters. The lowest BCUT2D eigenvalue weighted by atomic mass is 9.77. The zero-order chi connectivity index (χ0) is 23.4. The van der Waals surface area contributed by atoms with E-state index in [0.717, 1.165) is 25.7 Å². The van der Waals surface area contributed by atoms with Crippen molar-refractivity contribution in [2.75, 3.05) is 6.54 Å². The van der Waals surface area contributed by atoms with E-state index in [4.69, 9.17) is 11.5 Å². The van der Waals surface area contributed by atoms with Crippen LogP contribution in [-0.2, 0) is 6.54 Å². The molecule has 9 nitrogen and oxygen atoms in total. The van der Waals surface area contributed by atoms with Gasteiger partial charge in [-0.2, -0.15) is 0 Å². The van der Waals surface area contributed by atoms with Crippen LogP contribution in [0, 0.1) is 22.0 Å². The van der Waals surface area contributed by atoms with Crippen molar-refractivity contribution in [3.05, 3.63) is 51.8 Å². The number of para-hydroxylation sites is 1. The molecule has 12 heteroatoms. The van der Waals surface area contributed by atoms with Gasteiger partial charge in [-0.3, -0.25) is 15.8 Å². The Bertz CT molecular complexity index is 884. The quantitative estimate of drug-likeness (QED) is 0.365. The minimum atomic E-state index is -4.83. The standard InChI is InChI=1S/C20H27F3N6O3/c21-20(22,23)32-16-4-2-1-3-15(16)11-26-18-27-12-17(29(30)31)19(25,28-18)9-13-5-7-14(10-24)8-6-13/h1-4,12-14H,5-11,24-25H2,(H2,26,27,28). The number of guanidine groups is 1. The van der Waals surface area contributed by atoms with Crippen molar-refractivity contribution in [2.24, 2.45) is 28.3 Å². The Morgan fingerprint density at radius 1 is 1.22 bits per heavy atom. The zero-order valence-corrected chi connectivity index (χ0v) is 17.4. The molecule has 0 bridgehead atoms. The molecule has 0 spiro atoms. The number of alkyl halides is 3. The molecule has 3 rings (SSSR count). The SMILES string of the molecule is NCC1CCC(CC2(N)NC(=NCc3ccccc3OC(F)(F)F)NC=C2[N+](=O)[O-])CC1. The van der Waals surface area contributed by atoms with Gasteiger partial charge in [0.1, 0.15) is 5.75 Å². The lowest BCUT2D eigenvalue weighted by Gasteiger charge is -2.37. The van der Waals surface area contributed by atoms with Crippen LogP contribution in [0.1, 0.15) is 37.7 Å². The summed E-state index contributed by atoms with van der Waals surface area (Å²) >= 11 is 0. The first-order chi connectivity index (χ1) is 15.1. The first-order valence-electron chi connectivity index (χ1n) is 10.4. The topological polar surface area (TPSA) is 141 Å². The average molecular weight is 456 g/mol. The van der Waals surface area contributed by atoms with Gasteiger partial charge in [0, 0.05) is 5.56 Å². The largest absolute Gasteiger partial charge is 0.573 e. The van der Waals surface area contributed by atoms with Gasteiger partial charge in [-0.05, 0) is 56.6 Å². The summed E-state index contributed by atoms with van der Waals surface area (Å²) in [6, 6.07) is 5.64. The molecule has 32 heavy (non-hydrogen) atoms. The number of rotatable bonds is 7. The van der Waals surface area contributed by atoms with Crippen molar-refractivity contribution in [1.82, 2.24) is 10.6 Å². The molecule has 0 saturated heterocycles. The second-order valence-corrected chi connectivity index (χ2v) is 8.17. The number of ether oxygens (including phenoxy) is 1. The predicted octanol–water partition coefficient (Wildman–Crippen LogP) is 2.56. The molecule has 0 radical (unpaired) electrons. The smallest absolute Gasteiger partial charge is 0.405 e. The van der Waals surface area contributed by atoms with Crippen molar-refractivity contribution < 1.29 is 22.8 Å². The highest BCUT2D eigenvalue weighted by Gasteiger charge is 2.44. The number of benzene rings is 1. The van der Waals surface area contributed by atoms with Crippen molar-refractivity contribution in [3.8, 4) is 5.75 Å². The molecular weight excluding hydrogens is 429 g/mol. The summed E-state index contributed by atoms with van der Waals surface area (Å²) in [6.45, 7) is 0.472. The van der Waals surface area contributed by atoms with E-state index in [-0.39, 0.29) is 35.4 Å².